The number of rotatable bonds is 6. The Morgan fingerprint density at radius 3 is 2.56 bits per heavy atom. The Morgan fingerprint density at radius 2 is 1.81 bits per heavy atom. The molecule has 5 aromatic rings. The van der Waals surface area contributed by atoms with E-state index >= 15 is 0 Å². The SMILES string of the molecule is [2H]c1cc(Oc2ccnc3cc(OC)ccc23)ccc1NC(=O)c1c(C)n(C)n(-c2ccccc2)c1=O. The molecule has 2 aromatic heterocycles. The van der Waals surface area contributed by atoms with Gasteiger partial charge in [0.25, 0.3) is 11.5 Å². The molecule has 0 spiro atoms. The van der Waals surface area contributed by atoms with E-state index in [4.69, 9.17) is 10.8 Å². The standard InChI is InChI=1S/C28H24N4O4/c1-18-26(28(34)32(31(18)2)20-7-5-4-6-8-20)27(33)30-19-9-11-21(12-10-19)36-25-15-16-29-24-17-22(35-3)13-14-23(24)25/h4-17H,1-3H3,(H,30,33)/i9D. The van der Waals surface area contributed by atoms with E-state index in [1.165, 1.54) is 10.7 Å². The Bertz CT molecular complexity index is 1690. The van der Waals surface area contributed by atoms with Crippen molar-refractivity contribution in [2.75, 3.05) is 12.4 Å². The minimum absolute atomic E-state index is 0.0183. The molecule has 0 fully saturated rings. The van der Waals surface area contributed by atoms with E-state index in [0.717, 1.165) is 5.39 Å². The van der Waals surface area contributed by atoms with Gasteiger partial charge >= 0.3 is 0 Å². The highest BCUT2D eigenvalue weighted by molar-refractivity contribution is 6.05. The number of fused-ring (bicyclic) bond motifs is 1. The number of aromatic nitrogens is 3. The van der Waals surface area contributed by atoms with Crippen molar-refractivity contribution in [3.63, 3.8) is 0 Å². The van der Waals surface area contributed by atoms with Gasteiger partial charge in [0.2, 0.25) is 0 Å². The molecular formula is C28H24N4O4. The smallest absolute Gasteiger partial charge is 0.284 e. The molecule has 2 heterocycles. The van der Waals surface area contributed by atoms with Crippen LogP contribution < -0.4 is 20.3 Å². The largest absolute Gasteiger partial charge is 0.497 e. The van der Waals surface area contributed by atoms with Crippen molar-refractivity contribution in [1.29, 1.82) is 0 Å². The predicted octanol–water partition coefficient (Wildman–Crippen LogP) is 5.09. The summed E-state index contributed by atoms with van der Waals surface area (Å²) in [6.07, 6.45) is 1.64. The first-order valence-electron chi connectivity index (χ1n) is 11.7. The molecule has 1 N–H and O–H groups in total. The second kappa shape index (κ2) is 9.42. The summed E-state index contributed by atoms with van der Waals surface area (Å²) in [5.41, 5.74) is 1.73. The zero-order valence-electron chi connectivity index (χ0n) is 21.0. The van der Waals surface area contributed by atoms with Gasteiger partial charge in [-0.25, -0.2) is 4.68 Å². The molecule has 3 aromatic carbocycles. The van der Waals surface area contributed by atoms with Crippen LogP contribution in [0.1, 0.15) is 17.4 Å². The number of amides is 1. The number of pyridine rings is 1. The third-order valence-electron chi connectivity index (χ3n) is 5.95. The van der Waals surface area contributed by atoms with Gasteiger partial charge in [-0.2, -0.15) is 0 Å². The Labute approximate surface area is 208 Å². The fourth-order valence-corrected chi connectivity index (χ4v) is 4.01. The summed E-state index contributed by atoms with van der Waals surface area (Å²) in [4.78, 5) is 30.6. The third-order valence-corrected chi connectivity index (χ3v) is 5.95. The first-order chi connectivity index (χ1) is 17.9. The maximum atomic E-state index is 13.1. The molecule has 0 aliphatic carbocycles. The summed E-state index contributed by atoms with van der Waals surface area (Å²) in [7, 11) is 3.32. The summed E-state index contributed by atoms with van der Waals surface area (Å²) in [6, 6.07) is 21.1. The van der Waals surface area contributed by atoms with Gasteiger partial charge in [0.1, 0.15) is 22.8 Å². The molecule has 0 atom stereocenters. The van der Waals surface area contributed by atoms with Crippen LogP contribution in [0.3, 0.4) is 0 Å². The Balaban J connectivity index is 1.40. The van der Waals surface area contributed by atoms with Crippen LogP contribution in [-0.2, 0) is 7.05 Å². The van der Waals surface area contributed by atoms with Gasteiger partial charge in [0, 0.05) is 30.4 Å². The first kappa shape index (κ1) is 21.7. The van der Waals surface area contributed by atoms with Crippen molar-refractivity contribution in [3.05, 3.63) is 107 Å². The van der Waals surface area contributed by atoms with Crippen LogP contribution in [0.15, 0.2) is 89.8 Å². The number of nitrogens with one attached hydrogen (secondary N) is 1. The maximum Gasteiger partial charge on any atom is 0.284 e. The lowest BCUT2D eigenvalue weighted by Crippen LogP contribution is -2.25. The lowest BCUT2D eigenvalue weighted by molar-refractivity contribution is 0.102. The summed E-state index contributed by atoms with van der Waals surface area (Å²) >= 11 is 0. The summed E-state index contributed by atoms with van der Waals surface area (Å²) in [5.74, 6) is 1.11. The second-order valence-electron chi connectivity index (χ2n) is 8.12. The molecule has 8 nitrogen and oxygen atoms in total. The van der Waals surface area contributed by atoms with Crippen LogP contribution in [0.25, 0.3) is 16.6 Å². The fourth-order valence-electron chi connectivity index (χ4n) is 4.01. The molecule has 8 heteroatoms. The highest BCUT2D eigenvalue weighted by Crippen LogP contribution is 2.31. The van der Waals surface area contributed by atoms with E-state index in [0.29, 0.717) is 34.1 Å². The second-order valence-corrected chi connectivity index (χ2v) is 8.12. The Kier molecular flexibility index (Phi) is 5.67. The molecule has 0 saturated heterocycles. The van der Waals surface area contributed by atoms with Gasteiger partial charge in [-0.05, 0) is 61.5 Å². The fraction of sp³-hybridized carbons (Fsp3) is 0.107. The zero-order valence-corrected chi connectivity index (χ0v) is 20.0. The molecule has 1 amide bonds. The van der Waals surface area contributed by atoms with E-state index in [2.05, 4.69) is 10.3 Å². The summed E-state index contributed by atoms with van der Waals surface area (Å²) in [5, 5.41) is 3.49. The number of carbonyl (C=O) groups is 1. The average molecular weight is 482 g/mol. The number of benzene rings is 3. The van der Waals surface area contributed by atoms with Gasteiger partial charge in [-0.3, -0.25) is 19.3 Å². The van der Waals surface area contributed by atoms with Crippen molar-refractivity contribution in [3.8, 4) is 22.9 Å². The van der Waals surface area contributed by atoms with E-state index in [1.54, 1.807) is 62.3 Å². The molecule has 36 heavy (non-hydrogen) atoms. The number of ether oxygens (including phenoxy) is 2. The number of anilines is 1. The van der Waals surface area contributed by atoms with Gasteiger partial charge < -0.3 is 14.8 Å². The van der Waals surface area contributed by atoms with E-state index in [-0.39, 0.29) is 17.3 Å². The number of hydrogen-bond acceptors (Lipinski definition) is 5. The molecule has 0 aliphatic rings. The van der Waals surface area contributed by atoms with Gasteiger partial charge in [-0.15, -0.1) is 0 Å². The monoisotopic (exact) mass is 481 g/mol. The molecule has 0 saturated carbocycles. The predicted molar refractivity (Wildman–Crippen MR) is 139 cm³/mol. The van der Waals surface area contributed by atoms with E-state index < -0.39 is 11.5 Å². The molecule has 0 unspecified atom stereocenters. The van der Waals surface area contributed by atoms with Crippen molar-refractivity contribution in [2.45, 2.75) is 6.92 Å². The van der Waals surface area contributed by atoms with Crippen LogP contribution in [-0.4, -0.2) is 27.4 Å². The Hall–Kier alpha value is -4.85. The van der Waals surface area contributed by atoms with Crippen LogP contribution in [0, 0.1) is 6.92 Å². The van der Waals surface area contributed by atoms with Crippen LogP contribution in [0.2, 0.25) is 0 Å². The molecule has 0 aliphatic heterocycles. The lowest BCUT2D eigenvalue weighted by atomic mass is 10.2. The highest BCUT2D eigenvalue weighted by Gasteiger charge is 2.22. The highest BCUT2D eigenvalue weighted by atomic mass is 16.5. The van der Waals surface area contributed by atoms with Gasteiger partial charge in [0.05, 0.1) is 25.4 Å². The minimum Gasteiger partial charge on any atom is -0.497 e. The maximum absolute atomic E-state index is 13.1. The summed E-state index contributed by atoms with van der Waals surface area (Å²) < 4.78 is 22.8. The number of methoxy groups -OCH3 is 1. The lowest BCUT2D eigenvalue weighted by Gasteiger charge is -2.10. The van der Waals surface area contributed by atoms with Gasteiger partial charge in [0.15, 0.2) is 0 Å². The molecule has 180 valence electrons. The van der Waals surface area contributed by atoms with E-state index in [9.17, 15) is 9.59 Å². The minimum atomic E-state index is -0.580. The van der Waals surface area contributed by atoms with Crippen LogP contribution in [0.5, 0.6) is 17.2 Å². The number of para-hydroxylation sites is 1. The van der Waals surface area contributed by atoms with Gasteiger partial charge in [-0.1, -0.05) is 18.2 Å². The number of carbonyl (C=O) groups excluding carboxylic acids is 1. The molecule has 5 rings (SSSR count). The van der Waals surface area contributed by atoms with Crippen LogP contribution >= 0.6 is 0 Å². The normalized spacial score (nSPS) is 11.2. The molecule has 0 bridgehead atoms. The van der Waals surface area contributed by atoms with Crippen LogP contribution in [0.4, 0.5) is 5.69 Å². The van der Waals surface area contributed by atoms with Crippen molar-refractivity contribution < 1.29 is 15.6 Å². The zero-order chi connectivity index (χ0) is 26.1. The van der Waals surface area contributed by atoms with Crippen molar-refractivity contribution in [1.82, 2.24) is 14.3 Å². The van der Waals surface area contributed by atoms with E-state index in [1.807, 2.05) is 36.4 Å². The first-order valence-corrected chi connectivity index (χ1v) is 11.2. The number of hydrogen-bond donors (Lipinski definition) is 1. The number of nitrogens with zero attached hydrogens (tertiary/aromatic N) is 3. The average Bonchev–Trinajstić information content (AvgIpc) is 3.13. The Morgan fingerprint density at radius 1 is 1.03 bits per heavy atom. The van der Waals surface area contributed by atoms with Crippen molar-refractivity contribution >= 4 is 22.5 Å². The quantitative estimate of drug-likeness (QED) is 0.365. The summed E-state index contributed by atoms with van der Waals surface area (Å²) in [6.45, 7) is 1.71. The topological polar surface area (TPSA) is 87.4 Å². The molecule has 0 radical (unpaired) electrons. The van der Waals surface area contributed by atoms with Crippen molar-refractivity contribution in [2.24, 2.45) is 7.05 Å². The third kappa shape index (κ3) is 4.20. The molecular weight excluding hydrogens is 456 g/mol.